The van der Waals surface area contributed by atoms with E-state index in [9.17, 15) is 0 Å². The van der Waals surface area contributed by atoms with Crippen LogP contribution in [0.25, 0.3) is 93.5 Å². The molecule has 3 heteroatoms. The smallest absolute Gasteiger partial charge is 0.145 e. The van der Waals surface area contributed by atoms with Crippen LogP contribution in [-0.4, -0.2) is 9.55 Å². The fourth-order valence-electron chi connectivity index (χ4n) is 9.40. The zero-order chi connectivity index (χ0) is 41.0. The van der Waals surface area contributed by atoms with Crippen molar-refractivity contribution in [3.8, 4) is 39.3 Å². The number of nitrogens with zero attached hydrogens (tertiary/aromatic N) is 3. The number of hydrogen-bond donors (Lipinski definition) is 0. The van der Waals surface area contributed by atoms with Crippen LogP contribution in [0.3, 0.4) is 0 Å². The van der Waals surface area contributed by atoms with Crippen LogP contribution in [0.2, 0.25) is 0 Å². The molecule has 0 bridgehead atoms. The van der Waals surface area contributed by atoms with E-state index in [-0.39, 0.29) is 0 Å². The van der Waals surface area contributed by atoms with Gasteiger partial charge >= 0.3 is 0 Å². The SMILES string of the molecule is c1ccc(-c2nc3ccc(-c4cccc(-c5ccc(N(c6cc7ccccc7c7ccccc67)c6cc7ccccc7c7ccccc67)cc5)c4)cc3n2-c2ccccc2)cc1. The van der Waals surface area contributed by atoms with Crippen molar-refractivity contribution in [2.24, 2.45) is 0 Å². The Labute approximate surface area is 360 Å². The average Bonchev–Trinajstić information content (AvgIpc) is 3.74. The highest BCUT2D eigenvalue weighted by atomic mass is 15.1. The molecular formula is C59H39N3. The van der Waals surface area contributed by atoms with Gasteiger partial charge < -0.3 is 4.90 Å². The molecule has 0 saturated heterocycles. The number of imidazole rings is 1. The van der Waals surface area contributed by atoms with Crippen LogP contribution in [0.1, 0.15) is 0 Å². The van der Waals surface area contributed by atoms with Gasteiger partial charge in [0.15, 0.2) is 0 Å². The number of hydrogen-bond acceptors (Lipinski definition) is 2. The van der Waals surface area contributed by atoms with E-state index in [1.807, 2.05) is 6.07 Å². The molecule has 0 spiro atoms. The molecule has 12 rings (SSSR count). The first-order chi connectivity index (χ1) is 30.7. The first kappa shape index (κ1) is 35.7. The summed E-state index contributed by atoms with van der Waals surface area (Å²) in [6, 6.07) is 85.4. The lowest BCUT2D eigenvalue weighted by molar-refractivity contribution is 1.10. The zero-order valence-electron chi connectivity index (χ0n) is 33.9. The molecule has 12 aromatic rings. The summed E-state index contributed by atoms with van der Waals surface area (Å²) in [6.45, 7) is 0. The van der Waals surface area contributed by atoms with Crippen LogP contribution in [0.15, 0.2) is 237 Å². The maximum Gasteiger partial charge on any atom is 0.145 e. The Morgan fingerprint density at radius 3 is 1.40 bits per heavy atom. The maximum atomic E-state index is 5.15. The molecule has 0 unspecified atom stereocenters. The third kappa shape index (κ3) is 6.02. The third-order valence-electron chi connectivity index (χ3n) is 12.3. The van der Waals surface area contributed by atoms with Crippen molar-refractivity contribution in [1.82, 2.24) is 9.55 Å². The highest BCUT2D eigenvalue weighted by molar-refractivity contribution is 6.18. The number of aromatic nitrogens is 2. The van der Waals surface area contributed by atoms with Crippen molar-refractivity contribution in [2.45, 2.75) is 0 Å². The minimum Gasteiger partial charge on any atom is -0.309 e. The number of rotatable bonds is 7. The number of anilines is 3. The van der Waals surface area contributed by atoms with Crippen molar-refractivity contribution in [1.29, 1.82) is 0 Å². The standard InChI is InChI=1S/C59H39N3/c1-3-16-41(17-4-1)59-60-55-35-32-44(37-58(55)62(59)47-22-5-2-6-23-47)43-21-15-20-42(36-43)40-30-33-48(34-31-40)61(56-38-45-18-7-9-24-49(45)51-26-11-13-28-53(51)56)57-39-46-19-8-10-25-50(46)52-27-12-14-29-54(52)57/h1-39H. The van der Waals surface area contributed by atoms with Crippen molar-refractivity contribution >= 4 is 71.2 Å². The van der Waals surface area contributed by atoms with Gasteiger partial charge in [0.25, 0.3) is 0 Å². The molecule has 3 nitrogen and oxygen atoms in total. The summed E-state index contributed by atoms with van der Waals surface area (Å²) in [5.41, 5.74) is 12.2. The quantitative estimate of drug-likeness (QED) is 0.150. The highest BCUT2D eigenvalue weighted by Gasteiger charge is 2.21. The van der Waals surface area contributed by atoms with E-state index in [4.69, 9.17) is 4.98 Å². The van der Waals surface area contributed by atoms with Gasteiger partial charge in [-0.2, -0.15) is 0 Å². The molecule has 0 atom stereocenters. The molecule has 1 heterocycles. The molecule has 62 heavy (non-hydrogen) atoms. The molecule has 0 radical (unpaired) electrons. The van der Waals surface area contributed by atoms with E-state index in [0.717, 1.165) is 67.4 Å². The fourth-order valence-corrected chi connectivity index (χ4v) is 9.40. The minimum absolute atomic E-state index is 0.931. The van der Waals surface area contributed by atoms with Crippen molar-refractivity contribution in [3.63, 3.8) is 0 Å². The summed E-state index contributed by atoms with van der Waals surface area (Å²) >= 11 is 0. The lowest BCUT2D eigenvalue weighted by Gasteiger charge is -2.29. The first-order valence-corrected chi connectivity index (χ1v) is 21.2. The van der Waals surface area contributed by atoms with E-state index in [1.165, 1.54) is 43.1 Å². The Bertz CT molecular complexity index is 3510. The number of fused-ring (bicyclic) bond motifs is 7. The summed E-state index contributed by atoms with van der Waals surface area (Å²) in [7, 11) is 0. The van der Waals surface area contributed by atoms with Gasteiger partial charge in [-0.3, -0.25) is 4.57 Å². The fraction of sp³-hybridized carbons (Fsp3) is 0. The summed E-state index contributed by atoms with van der Waals surface area (Å²) in [6.07, 6.45) is 0. The van der Waals surface area contributed by atoms with Gasteiger partial charge in [0.2, 0.25) is 0 Å². The number of para-hydroxylation sites is 1. The Morgan fingerprint density at radius 1 is 0.323 bits per heavy atom. The monoisotopic (exact) mass is 789 g/mol. The molecule has 1 aromatic heterocycles. The molecule has 0 amide bonds. The lowest BCUT2D eigenvalue weighted by Crippen LogP contribution is -2.11. The van der Waals surface area contributed by atoms with Crippen LogP contribution >= 0.6 is 0 Å². The average molecular weight is 790 g/mol. The molecular weight excluding hydrogens is 751 g/mol. The van der Waals surface area contributed by atoms with Gasteiger partial charge in [-0.1, -0.05) is 182 Å². The zero-order valence-corrected chi connectivity index (χ0v) is 33.9. The molecule has 0 aliphatic carbocycles. The minimum atomic E-state index is 0.931. The highest BCUT2D eigenvalue weighted by Crippen LogP contribution is 2.46. The normalized spacial score (nSPS) is 11.5. The first-order valence-electron chi connectivity index (χ1n) is 21.2. The summed E-state index contributed by atoms with van der Waals surface area (Å²) in [4.78, 5) is 7.62. The van der Waals surface area contributed by atoms with E-state index in [0.29, 0.717) is 0 Å². The lowest BCUT2D eigenvalue weighted by atomic mass is 9.96. The van der Waals surface area contributed by atoms with E-state index in [1.54, 1.807) is 0 Å². The van der Waals surface area contributed by atoms with Crippen LogP contribution in [0.4, 0.5) is 17.1 Å². The summed E-state index contributed by atoms with van der Waals surface area (Å²) < 4.78 is 2.28. The van der Waals surface area contributed by atoms with Gasteiger partial charge in [0.05, 0.1) is 22.4 Å². The Kier molecular flexibility index (Phi) is 8.50. The molecule has 0 aliphatic rings. The van der Waals surface area contributed by atoms with Gasteiger partial charge in [-0.25, -0.2) is 4.98 Å². The van der Waals surface area contributed by atoms with Crippen LogP contribution < -0.4 is 4.90 Å². The van der Waals surface area contributed by atoms with Crippen molar-refractivity contribution < 1.29 is 0 Å². The Morgan fingerprint density at radius 2 is 0.790 bits per heavy atom. The largest absolute Gasteiger partial charge is 0.309 e. The van der Waals surface area contributed by atoms with Crippen molar-refractivity contribution in [3.05, 3.63) is 237 Å². The summed E-state index contributed by atoms with van der Waals surface area (Å²) in [5, 5.41) is 9.84. The van der Waals surface area contributed by atoms with Crippen LogP contribution in [0.5, 0.6) is 0 Å². The molecule has 0 saturated carbocycles. The summed E-state index contributed by atoms with van der Waals surface area (Å²) in [5.74, 6) is 0.931. The maximum absolute atomic E-state index is 5.15. The second kappa shape index (κ2) is 14.8. The van der Waals surface area contributed by atoms with Crippen LogP contribution in [0, 0.1) is 0 Å². The molecule has 0 fully saturated rings. The third-order valence-corrected chi connectivity index (χ3v) is 12.3. The van der Waals surface area contributed by atoms with Gasteiger partial charge in [0, 0.05) is 27.7 Å². The molecule has 0 N–H and O–H groups in total. The van der Waals surface area contributed by atoms with Crippen molar-refractivity contribution in [2.75, 3.05) is 4.90 Å². The molecule has 290 valence electrons. The number of benzene rings is 11. The van der Waals surface area contributed by atoms with Gasteiger partial charge in [0.1, 0.15) is 5.82 Å². The van der Waals surface area contributed by atoms with Gasteiger partial charge in [-0.15, -0.1) is 0 Å². The predicted octanol–water partition coefficient (Wildman–Crippen LogP) is 16.1. The predicted molar refractivity (Wildman–Crippen MR) is 262 cm³/mol. The van der Waals surface area contributed by atoms with Crippen LogP contribution in [-0.2, 0) is 0 Å². The van der Waals surface area contributed by atoms with E-state index < -0.39 is 0 Å². The van der Waals surface area contributed by atoms with E-state index in [2.05, 4.69) is 240 Å². The Balaban J connectivity index is 0.991. The second-order valence-corrected chi connectivity index (χ2v) is 16.0. The van der Waals surface area contributed by atoms with Gasteiger partial charge in [-0.05, 0) is 109 Å². The topological polar surface area (TPSA) is 21.1 Å². The second-order valence-electron chi connectivity index (χ2n) is 16.0. The molecule has 0 aliphatic heterocycles. The van der Waals surface area contributed by atoms with E-state index >= 15 is 0 Å². The Hall–Kier alpha value is -8.27. The molecule has 11 aromatic carbocycles.